The molecule has 1 saturated carbocycles. The zero-order valence-corrected chi connectivity index (χ0v) is 14.8. The number of fused-ring (bicyclic) bond motifs is 2. The first kappa shape index (κ1) is 16.1. The van der Waals surface area contributed by atoms with E-state index in [1.54, 1.807) is 24.7 Å². The molecule has 0 amide bonds. The Labute approximate surface area is 151 Å². The van der Waals surface area contributed by atoms with Crippen LogP contribution in [0.25, 0.3) is 0 Å². The lowest BCUT2D eigenvalue weighted by molar-refractivity contribution is -0.259. The van der Waals surface area contributed by atoms with E-state index >= 15 is 0 Å². The molecule has 1 N–H and O–H groups in total. The van der Waals surface area contributed by atoms with Gasteiger partial charge in [0.05, 0.1) is 18.4 Å². The highest BCUT2D eigenvalue weighted by Gasteiger charge is 2.72. The number of hydrogen-bond donors (Lipinski definition) is 1. The van der Waals surface area contributed by atoms with E-state index < -0.39 is 28.5 Å². The molecule has 3 aliphatic heterocycles. The predicted octanol–water partition coefficient (Wildman–Crippen LogP) is 2.53. The van der Waals surface area contributed by atoms with Crippen molar-refractivity contribution < 1.29 is 28.6 Å². The minimum absolute atomic E-state index is 0.149. The van der Waals surface area contributed by atoms with Crippen LogP contribution in [-0.2, 0) is 19.1 Å². The first-order valence-corrected chi connectivity index (χ1v) is 9.15. The number of esters is 2. The van der Waals surface area contributed by atoms with Gasteiger partial charge in [-0.25, -0.2) is 4.79 Å². The summed E-state index contributed by atoms with van der Waals surface area (Å²) in [5.74, 6) is -1.20. The highest BCUT2D eigenvalue weighted by Crippen LogP contribution is 2.67. The van der Waals surface area contributed by atoms with Crippen LogP contribution in [0.1, 0.15) is 44.8 Å². The SMILES string of the molecule is C[C@]12C[C@H](c3ccoc3)OC(=O)[C@@H]1CC[C@@]1(C)[C@@H]2[C@H]2C=C[C@]1(O)C(=O)O2. The normalized spacial score (nSPS) is 49.2. The maximum Gasteiger partial charge on any atom is 0.343 e. The first-order valence-electron chi connectivity index (χ1n) is 9.15. The second-order valence-electron chi connectivity index (χ2n) is 8.67. The number of cyclic esters (lactones) is 1. The van der Waals surface area contributed by atoms with E-state index in [4.69, 9.17) is 13.9 Å². The van der Waals surface area contributed by atoms with E-state index in [1.165, 1.54) is 0 Å². The average molecular weight is 358 g/mol. The molecule has 0 unspecified atom stereocenters. The second kappa shape index (κ2) is 4.80. The molecule has 26 heavy (non-hydrogen) atoms. The molecule has 6 rings (SSSR count). The third-order valence-electron chi connectivity index (χ3n) is 7.51. The number of ether oxygens (including phenoxy) is 2. The molecule has 2 aliphatic carbocycles. The van der Waals surface area contributed by atoms with Gasteiger partial charge in [0.25, 0.3) is 0 Å². The average Bonchev–Trinajstić information content (AvgIpc) is 3.10. The third kappa shape index (κ3) is 1.71. The molecule has 1 aromatic heterocycles. The molecule has 0 spiro atoms. The molecule has 4 heterocycles. The Morgan fingerprint density at radius 2 is 2.04 bits per heavy atom. The van der Waals surface area contributed by atoms with Gasteiger partial charge in [0.1, 0.15) is 12.2 Å². The molecular formula is C20H22O6. The first-order chi connectivity index (χ1) is 12.3. The smallest absolute Gasteiger partial charge is 0.343 e. The molecule has 3 fully saturated rings. The molecule has 6 nitrogen and oxygen atoms in total. The molecule has 138 valence electrons. The molecule has 2 saturated heterocycles. The van der Waals surface area contributed by atoms with Gasteiger partial charge in [0.2, 0.25) is 0 Å². The van der Waals surface area contributed by atoms with Gasteiger partial charge < -0.3 is 19.0 Å². The van der Waals surface area contributed by atoms with Gasteiger partial charge in [-0.2, -0.15) is 0 Å². The monoisotopic (exact) mass is 358 g/mol. The Morgan fingerprint density at radius 3 is 2.73 bits per heavy atom. The topological polar surface area (TPSA) is 86.0 Å². The van der Waals surface area contributed by atoms with Crippen molar-refractivity contribution in [3.63, 3.8) is 0 Å². The second-order valence-corrected chi connectivity index (χ2v) is 8.67. The van der Waals surface area contributed by atoms with Crippen molar-refractivity contribution in [2.45, 2.75) is 50.9 Å². The standard InChI is InChI=1S/C20H22O6/c1-18-9-14(11-5-8-24-10-11)25-16(21)12(18)3-6-19(2)15(18)13-4-7-20(19,23)17(22)26-13/h4-5,7-8,10,12-15,23H,3,6,9H2,1-2H3/t12-,13+,14+,15+,18-,19-,20-/m0/s1. The van der Waals surface area contributed by atoms with Gasteiger partial charge in [0.15, 0.2) is 5.60 Å². The maximum absolute atomic E-state index is 12.8. The predicted molar refractivity (Wildman–Crippen MR) is 88.6 cm³/mol. The number of furan rings is 1. The van der Waals surface area contributed by atoms with Crippen LogP contribution in [0, 0.1) is 22.7 Å². The Balaban J connectivity index is 1.61. The minimum Gasteiger partial charge on any atom is -0.472 e. The van der Waals surface area contributed by atoms with Gasteiger partial charge in [-0.1, -0.05) is 13.8 Å². The van der Waals surface area contributed by atoms with Crippen molar-refractivity contribution in [2.75, 3.05) is 0 Å². The van der Waals surface area contributed by atoms with E-state index in [0.29, 0.717) is 19.3 Å². The van der Waals surface area contributed by atoms with Gasteiger partial charge >= 0.3 is 11.9 Å². The van der Waals surface area contributed by atoms with Gasteiger partial charge in [0, 0.05) is 16.9 Å². The summed E-state index contributed by atoms with van der Waals surface area (Å²) < 4.78 is 16.4. The summed E-state index contributed by atoms with van der Waals surface area (Å²) in [7, 11) is 0. The minimum atomic E-state index is -1.63. The van der Waals surface area contributed by atoms with Crippen LogP contribution in [0.5, 0.6) is 0 Å². The summed E-state index contributed by atoms with van der Waals surface area (Å²) in [6.07, 6.45) is 7.52. The Kier molecular flexibility index (Phi) is 2.97. The highest BCUT2D eigenvalue weighted by atomic mass is 16.6. The molecule has 5 aliphatic rings. The fourth-order valence-electron chi connectivity index (χ4n) is 6.16. The van der Waals surface area contributed by atoms with Crippen molar-refractivity contribution in [3.05, 3.63) is 36.3 Å². The van der Waals surface area contributed by atoms with Crippen LogP contribution in [-0.4, -0.2) is 28.8 Å². The zero-order chi connectivity index (χ0) is 18.3. The quantitative estimate of drug-likeness (QED) is 0.613. The molecule has 7 atom stereocenters. The third-order valence-corrected chi connectivity index (χ3v) is 7.51. The maximum atomic E-state index is 12.8. The molecule has 1 aromatic rings. The van der Waals surface area contributed by atoms with Crippen LogP contribution in [0.3, 0.4) is 0 Å². The largest absolute Gasteiger partial charge is 0.472 e. The molecule has 6 heteroatoms. The number of carbonyl (C=O) groups is 2. The van der Waals surface area contributed by atoms with Crippen molar-refractivity contribution in [2.24, 2.45) is 22.7 Å². The van der Waals surface area contributed by atoms with Crippen molar-refractivity contribution in [1.29, 1.82) is 0 Å². The molecular weight excluding hydrogens is 336 g/mol. The van der Waals surface area contributed by atoms with E-state index in [2.05, 4.69) is 6.92 Å². The number of hydrogen-bond acceptors (Lipinski definition) is 6. The Morgan fingerprint density at radius 1 is 1.23 bits per heavy atom. The Hall–Kier alpha value is -2.08. The lowest BCUT2D eigenvalue weighted by Crippen LogP contribution is -2.72. The van der Waals surface area contributed by atoms with E-state index in [9.17, 15) is 14.7 Å². The number of carbonyl (C=O) groups excluding carboxylic acids is 2. The summed E-state index contributed by atoms with van der Waals surface area (Å²) >= 11 is 0. The zero-order valence-electron chi connectivity index (χ0n) is 14.8. The highest BCUT2D eigenvalue weighted by molar-refractivity contribution is 5.86. The summed E-state index contributed by atoms with van der Waals surface area (Å²) in [5.41, 5.74) is -1.91. The van der Waals surface area contributed by atoms with E-state index in [1.807, 2.05) is 13.0 Å². The summed E-state index contributed by atoms with van der Waals surface area (Å²) in [6, 6.07) is 1.81. The van der Waals surface area contributed by atoms with E-state index in [0.717, 1.165) is 5.56 Å². The van der Waals surface area contributed by atoms with Gasteiger partial charge in [-0.3, -0.25) is 4.79 Å². The van der Waals surface area contributed by atoms with Crippen LogP contribution in [0.15, 0.2) is 35.2 Å². The van der Waals surface area contributed by atoms with Crippen LogP contribution < -0.4 is 0 Å². The number of rotatable bonds is 1. The van der Waals surface area contributed by atoms with Crippen molar-refractivity contribution in [3.8, 4) is 0 Å². The lowest BCUT2D eigenvalue weighted by Gasteiger charge is -2.65. The molecule has 2 bridgehead atoms. The molecule has 0 aromatic carbocycles. The van der Waals surface area contributed by atoms with Crippen molar-refractivity contribution >= 4 is 11.9 Å². The van der Waals surface area contributed by atoms with Crippen LogP contribution in [0.2, 0.25) is 0 Å². The fourth-order valence-corrected chi connectivity index (χ4v) is 6.16. The summed E-state index contributed by atoms with van der Waals surface area (Å²) in [4.78, 5) is 25.2. The van der Waals surface area contributed by atoms with Crippen LogP contribution >= 0.6 is 0 Å². The van der Waals surface area contributed by atoms with E-state index in [-0.39, 0.29) is 23.9 Å². The van der Waals surface area contributed by atoms with Gasteiger partial charge in [-0.15, -0.1) is 0 Å². The number of aliphatic hydroxyl groups is 1. The molecule has 0 radical (unpaired) electrons. The fraction of sp³-hybridized carbons (Fsp3) is 0.600. The van der Waals surface area contributed by atoms with Gasteiger partial charge in [-0.05, 0) is 42.9 Å². The summed E-state index contributed by atoms with van der Waals surface area (Å²) in [6.45, 7) is 4.04. The van der Waals surface area contributed by atoms with Crippen molar-refractivity contribution in [1.82, 2.24) is 0 Å². The summed E-state index contributed by atoms with van der Waals surface area (Å²) in [5, 5.41) is 11.2. The Bertz CT molecular complexity index is 812. The van der Waals surface area contributed by atoms with Crippen LogP contribution in [0.4, 0.5) is 0 Å². The lowest BCUT2D eigenvalue weighted by atomic mass is 9.42.